The number of ether oxygens (including phenoxy) is 1. The highest BCUT2D eigenvalue weighted by molar-refractivity contribution is 5.94. The molecule has 0 unspecified atom stereocenters. The number of benzene rings is 3. The van der Waals surface area contributed by atoms with Crippen LogP contribution in [0.3, 0.4) is 0 Å². The Morgan fingerprint density at radius 3 is 2.38 bits per heavy atom. The van der Waals surface area contributed by atoms with Crippen molar-refractivity contribution in [2.45, 2.75) is 57.5 Å². The van der Waals surface area contributed by atoms with Crippen LogP contribution < -0.4 is 16.0 Å². The number of β-amino-alcohol motifs (C(OH)–C–C–N with tert-alkyl or cyclic N) is 1. The van der Waals surface area contributed by atoms with Crippen LogP contribution in [0.15, 0.2) is 72.8 Å². The normalized spacial score (nSPS) is 17.4. The molecule has 5 N–H and O–H groups in total. The molecule has 2 atom stereocenters. The van der Waals surface area contributed by atoms with Crippen molar-refractivity contribution in [3.63, 3.8) is 0 Å². The molecule has 0 aromatic heterocycles. The number of para-hydroxylation sites is 1. The Balaban J connectivity index is 1.28. The molecule has 3 aromatic carbocycles. The fourth-order valence-corrected chi connectivity index (χ4v) is 5.95. The predicted molar refractivity (Wildman–Crippen MR) is 179 cm³/mol. The van der Waals surface area contributed by atoms with Crippen molar-refractivity contribution in [2.75, 3.05) is 44.8 Å². The van der Waals surface area contributed by atoms with E-state index in [1.54, 1.807) is 9.80 Å². The Labute approximate surface area is 275 Å². The number of nitrogens with zero attached hydrogens (tertiary/aromatic N) is 2. The largest absolute Gasteiger partial charge is 0.394 e. The molecule has 4 amide bonds. The van der Waals surface area contributed by atoms with Crippen molar-refractivity contribution in [3.05, 3.63) is 89.5 Å². The molecule has 1 saturated heterocycles. The molecule has 2 heterocycles. The summed E-state index contributed by atoms with van der Waals surface area (Å²) in [6.07, 6.45) is -0.442. The molecule has 11 nitrogen and oxygen atoms in total. The van der Waals surface area contributed by atoms with Gasteiger partial charge in [-0.05, 0) is 42.2 Å². The Kier molecular flexibility index (Phi) is 11.3. The van der Waals surface area contributed by atoms with E-state index in [1.165, 1.54) is 0 Å². The van der Waals surface area contributed by atoms with Crippen LogP contribution >= 0.6 is 0 Å². The molecule has 250 valence electrons. The van der Waals surface area contributed by atoms with E-state index in [4.69, 9.17) is 9.84 Å². The number of aliphatic hydroxyl groups is 2. The lowest BCUT2D eigenvalue weighted by molar-refractivity contribution is -0.137. The van der Waals surface area contributed by atoms with Crippen LogP contribution in [0.2, 0.25) is 0 Å². The van der Waals surface area contributed by atoms with Crippen molar-refractivity contribution >= 4 is 23.5 Å². The van der Waals surface area contributed by atoms with Crippen LogP contribution in [0.4, 0.5) is 10.5 Å². The first kappa shape index (κ1) is 34.1. The molecule has 0 spiro atoms. The summed E-state index contributed by atoms with van der Waals surface area (Å²) in [6, 6.07) is 22.7. The Morgan fingerprint density at radius 1 is 0.979 bits per heavy atom. The van der Waals surface area contributed by atoms with Gasteiger partial charge in [-0.3, -0.25) is 9.59 Å². The molecular weight excluding hydrogens is 598 g/mol. The first-order chi connectivity index (χ1) is 22.6. The van der Waals surface area contributed by atoms with Crippen molar-refractivity contribution in [2.24, 2.45) is 0 Å². The fraction of sp³-hybridized carbons (Fsp3) is 0.417. The maximum absolute atomic E-state index is 13.9. The summed E-state index contributed by atoms with van der Waals surface area (Å²) >= 11 is 0. The number of hydrogen-bond donors (Lipinski definition) is 5. The second-order valence-corrected chi connectivity index (χ2v) is 12.8. The third-order valence-corrected chi connectivity index (χ3v) is 8.58. The van der Waals surface area contributed by atoms with E-state index in [0.29, 0.717) is 45.8 Å². The van der Waals surface area contributed by atoms with E-state index in [9.17, 15) is 19.5 Å². The summed E-state index contributed by atoms with van der Waals surface area (Å²) in [5.74, 6) is -0.432. The van der Waals surface area contributed by atoms with Gasteiger partial charge in [0.05, 0.1) is 31.6 Å². The highest BCUT2D eigenvalue weighted by atomic mass is 16.5. The van der Waals surface area contributed by atoms with Crippen LogP contribution in [0.1, 0.15) is 37.0 Å². The Morgan fingerprint density at radius 2 is 1.66 bits per heavy atom. The molecule has 2 aliphatic heterocycles. The SMILES string of the molecule is CC(C)(CC(=O)N[C@@H]1Cc2ccccc2CN(Cc2ccc(-c3ccccc3NC(=O)N3CCOCC3)cc2)C1=O)NC[C@H](O)CO. The van der Waals surface area contributed by atoms with Crippen molar-refractivity contribution < 1.29 is 29.3 Å². The maximum Gasteiger partial charge on any atom is 0.322 e. The van der Waals surface area contributed by atoms with Gasteiger partial charge in [-0.2, -0.15) is 0 Å². The lowest BCUT2D eigenvalue weighted by atomic mass is 9.98. The van der Waals surface area contributed by atoms with Crippen molar-refractivity contribution in [1.29, 1.82) is 0 Å². The van der Waals surface area contributed by atoms with E-state index in [1.807, 2.05) is 86.6 Å². The van der Waals surface area contributed by atoms with E-state index >= 15 is 0 Å². The number of nitrogens with one attached hydrogen (secondary N) is 3. The van der Waals surface area contributed by atoms with E-state index in [-0.39, 0.29) is 37.4 Å². The second-order valence-electron chi connectivity index (χ2n) is 12.8. The fourth-order valence-electron chi connectivity index (χ4n) is 5.95. The molecule has 1 fully saturated rings. The zero-order valence-electron chi connectivity index (χ0n) is 27.1. The van der Waals surface area contributed by atoms with Gasteiger partial charge in [0.25, 0.3) is 0 Å². The molecule has 0 bridgehead atoms. The lowest BCUT2D eigenvalue weighted by Crippen LogP contribution is -2.51. The number of carbonyl (C=O) groups excluding carboxylic acids is 3. The summed E-state index contributed by atoms with van der Waals surface area (Å²) in [5, 5.41) is 27.9. The van der Waals surface area contributed by atoms with Gasteiger partial charge in [-0.25, -0.2) is 4.79 Å². The Hall–Kier alpha value is -4.29. The number of urea groups is 1. The Bertz CT molecular complexity index is 1540. The van der Waals surface area contributed by atoms with Crippen molar-refractivity contribution in [1.82, 2.24) is 20.4 Å². The van der Waals surface area contributed by atoms with E-state index in [0.717, 1.165) is 33.5 Å². The lowest BCUT2D eigenvalue weighted by Gasteiger charge is -2.29. The minimum atomic E-state index is -0.920. The molecule has 3 aromatic rings. The molecule has 0 aliphatic carbocycles. The molecule has 47 heavy (non-hydrogen) atoms. The quantitative estimate of drug-likeness (QED) is 0.216. The minimum absolute atomic E-state index is 0.0897. The highest BCUT2D eigenvalue weighted by Gasteiger charge is 2.32. The van der Waals surface area contributed by atoms with Gasteiger partial charge in [-0.15, -0.1) is 0 Å². The molecular formula is C36H45N5O6. The van der Waals surface area contributed by atoms with Crippen LogP contribution in [0, 0.1) is 0 Å². The number of carbonyl (C=O) groups is 3. The number of morpholine rings is 1. The van der Waals surface area contributed by atoms with E-state index < -0.39 is 17.7 Å². The summed E-state index contributed by atoms with van der Waals surface area (Å²) in [7, 11) is 0. The summed E-state index contributed by atoms with van der Waals surface area (Å²) in [6.45, 7) is 6.41. The van der Waals surface area contributed by atoms with Crippen LogP contribution in [0.5, 0.6) is 0 Å². The third-order valence-electron chi connectivity index (χ3n) is 8.58. The molecule has 2 aliphatic rings. The highest BCUT2D eigenvalue weighted by Crippen LogP contribution is 2.29. The minimum Gasteiger partial charge on any atom is -0.394 e. The summed E-state index contributed by atoms with van der Waals surface area (Å²) < 4.78 is 5.37. The number of hydrogen-bond acceptors (Lipinski definition) is 7. The molecule has 0 saturated carbocycles. The van der Waals surface area contributed by atoms with Gasteiger partial charge >= 0.3 is 6.03 Å². The van der Waals surface area contributed by atoms with Gasteiger partial charge in [0.1, 0.15) is 6.04 Å². The average Bonchev–Trinajstić information content (AvgIpc) is 3.20. The number of amides is 4. The number of anilines is 1. The zero-order valence-corrected chi connectivity index (χ0v) is 27.1. The van der Waals surface area contributed by atoms with Gasteiger partial charge < -0.3 is 40.7 Å². The monoisotopic (exact) mass is 643 g/mol. The van der Waals surface area contributed by atoms with Gasteiger partial charge in [0.2, 0.25) is 11.8 Å². The van der Waals surface area contributed by atoms with Crippen LogP contribution in [-0.4, -0.2) is 95.0 Å². The average molecular weight is 644 g/mol. The number of fused-ring (bicyclic) bond motifs is 1. The topological polar surface area (TPSA) is 143 Å². The summed E-state index contributed by atoms with van der Waals surface area (Å²) in [4.78, 5) is 43.5. The number of rotatable bonds is 11. The first-order valence-corrected chi connectivity index (χ1v) is 16.1. The van der Waals surface area contributed by atoms with E-state index in [2.05, 4.69) is 16.0 Å². The van der Waals surface area contributed by atoms with Crippen LogP contribution in [-0.2, 0) is 33.8 Å². The second kappa shape index (κ2) is 15.5. The van der Waals surface area contributed by atoms with Crippen LogP contribution in [0.25, 0.3) is 11.1 Å². The summed E-state index contributed by atoms with van der Waals surface area (Å²) in [5.41, 5.74) is 4.89. The smallest absolute Gasteiger partial charge is 0.322 e. The molecule has 0 radical (unpaired) electrons. The predicted octanol–water partition coefficient (Wildman–Crippen LogP) is 2.90. The number of aliphatic hydroxyl groups excluding tert-OH is 2. The van der Waals surface area contributed by atoms with Gasteiger partial charge in [0, 0.05) is 56.7 Å². The van der Waals surface area contributed by atoms with Crippen molar-refractivity contribution in [3.8, 4) is 11.1 Å². The molecule has 5 rings (SSSR count). The van der Waals surface area contributed by atoms with Gasteiger partial charge in [-0.1, -0.05) is 66.7 Å². The molecule has 11 heteroatoms. The first-order valence-electron chi connectivity index (χ1n) is 16.1. The third kappa shape index (κ3) is 9.17. The van der Waals surface area contributed by atoms with Gasteiger partial charge in [0.15, 0.2) is 0 Å². The standard InChI is InChI=1S/C36H45N5O6/c1-36(2,37-21-29(43)24-42)20-33(44)38-32-19-27-7-3-4-8-28(27)23-41(34(32)45)22-25-11-13-26(14-12-25)30-9-5-6-10-31(30)39-35(46)40-15-17-47-18-16-40/h3-14,29,32,37,42-43H,15-24H2,1-2H3,(H,38,44)(H,39,46)/t29-,32+/m0/s1. The maximum atomic E-state index is 13.9. The zero-order chi connectivity index (χ0) is 33.4.